The molecule has 0 aliphatic carbocycles. The van der Waals surface area contributed by atoms with E-state index in [0.29, 0.717) is 22.5 Å². The lowest BCUT2D eigenvalue weighted by Crippen LogP contribution is -2.56. The number of hydrogen-bond acceptors (Lipinski definition) is 2. The van der Waals surface area contributed by atoms with Gasteiger partial charge in [0, 0.05) is 28.1 Å². The van der Waals surface area contributed by atoms with Gasteiger partial charge < -0.3 is 19.4 Å². The van der Waals surface area contributed by atoms with Crippen LogP contribution in [0.5, 0.6) is 0 Å². The van der Waals surface area contributed by atoms with Gasteiger partial charge in [-0.25, -0.2) is 0 Å². The minimum atomic E-state index is -0.170. The lowest BCUT2D eigenvalue weighted by atomic mass is 9.97. The van der Waals surface area contributed by atoms with Gasteiger partial charge in [-0.1, -0.05) is 31.2 Å². The van der Waals surface area contributed by atoms with E-state index in [1.165, 1.54) is 11.1 Å². The molecule has 35 heavy (non-hydrogen) atoms. The summed E-state index contributed by atoms with van der Waals surface area (Å²) in [6.45, 7) is 2.92. The van der Waals surface area contributed by atoms with Gasteiger partial charge >= 0.3 is 7.55 Å². The predicted octanol–water partition coefficient (Wildman–Crippen LogP) is 4.57. The highest BCUT2D eigenvalue weighted by Gasteiger charge is 2.36. The Morgan fingerprint density at radius 3 is 1.43 bits per heavy atom. The van der Waals surface area contributed by atoms with Crippen LogP contribution in [0.4, 0.5) is 11.4 Å². The van der Waals surface area contributed by atoms with Crippen LogP contribution in [0.25, 0.3) is 0 Å². The number of amides is 2. The fourth-order valence-electron chi connectivity index (χ4n) is 4.15. The second kappa shape index (κ2) is 10.9. The second-order valence-electron chi connectivity index (χ2n) is 10.4. The van der Waals surface area contributed by atoms with Crippen LogP contribution in [0, 0.1) is 0 Å². The van der Waals surface area contributed by atoms with Crippen molar-refractivity contribution in [1.82, 2.24) is 0 Å². The third-order valence-electron chi connectivity index (χ3n) is 5.49. The van der Waals surface area contributed by atoms with E-state index in [2.05, 4.69) is 60.3 Å². The Hall–Kier alpha value is -3.42. The topological polar surface area (TPSA) is 58.2 Å². The Morgan fingerprint density at radius 1 is 0.657 bits per heavy atom. The van der Waals surface area contributed by atoms with Gasteiger partial charge in [0.1, 0.15) is 0 Å². The van der Waals surface area contributed by atoms with E-state index in [4.69, 9.17) is 0 Å². The first-order valence-corrected chi connectivity index (χ1v) is 11.9. The number of carbonyl (C=O) groups excluding carboxylic acids is 2. The normalized spacial score (nSPS) is 11.6. The number of quaternary nitrogens is 2. The maximum absolute atomic E-state index is 12.7. The Balaban J connectivity index is 1.56. The van der Waals surface area contributed by atoms with Crippen molar-refractivity contribution >= 4 is 30.7 Å². The van der Waals surface area contributed by atoms with Crippen LogP contribution in [0.2, 0.25) is 0 Å². The van der Waals surface area contributed by atoms with Gasteiger partial charge in [-0.15, -0.1) is 0 Å². The van der Waals surface area contributed by atoms with Crippen molar-refractivity contribution < 1.29 is 18.4 Å². The van der Waals surface area contributed by atoms with E-state index in [0.717, 1.165) is 21.8 Å². The van der Waals surface area contributed by atoms with Gasteiger partial charge in [0.05, 0.1) is 41.8 Å². The van der Waals surface area contributed by atoms with Gasteiger partial charge in [-0.05, 0) is 60.5 Å². The third-order valence-corrected chi connectivity index (χ3v) is 5.49. The highest BCUT2D eigenvalue weighted by molar-refractivity contribution is 6.16. The van der Waals surface area contributed by atoms with E-state index in [1.807, 2.05) is 48.5 Å². The average Bonchev–Trinajstić information content (AvgIpc) is 2.79. The van der Waals surface area contributed by atoms with Crippen LogP contribution in [0.1, 0.15) is 38.8 Å². The summed E-state index contributed by atoms with van der Waals surface area (Å²) in [5.74, 6) is -0.332. The largest absolute Gasteiger partial charge is 0.791 e. The Bertz CT molecular complexity index is 1150. The molecule has 3 aromatic carbocycles. The molecule has 0 spiro atoms. The number of anilines is 2. The van der Waals surface area contributed by atoms with Gasteiger partial charge in [-0.2, -0.15) is 0 Å². The Labute approximate surface area is 210 Å². The lowest BCUT2D eigenvalue weighted by molar-refractivity contribution is -0.888. The monoisotopic (exact) mass is 471 g/mol. The summed E-state index contributed by atoms with van der Waals surface area (Å²) in [4.78, 5) is 25.2. The first-order chi connectivity index (χ1) is 16.4. The zero-order chi connectivity index (χ0) is 25.6. The molecule has 0 saturated heterocycles. The lowest BCUT2D eigenvalue weighted by Gasteiger charge is -2.32. The van der Waals surface area contributed by atoms with E-state index >= 15 is 0 Å². The van der Waals surface area contributed by atoms with Crippen LogP contribution in [0.3, 0.4) is 0 Å². The summed E-state index contributed by atoms with van der Waals surface area (Å²) in [6, 6.07) is 22.4. The summed E-state index contributed by atoms with van der Waals surface area (Å²) in [7, 11) is 13.0. The molecule has 0 heterocycles. The Morgan fingerprint density at radius 2 is 1.06 bits per heavy atom. The maximum atomic E-state index is 12.7. The molecule has 2 N–H and O–H groups in total. The summed E-state index contributed by atoms with van der Waals surface area (Å²) >= 11 is 0. The molecule has 0 aliphatic heterocycles. The smallest absolute Gasteiger partial charge is 0.337 e. The zero-order valence-electron chi connectivity index (χ0n) is 21.6. The van der Waals surface area contributed by atoms with E-state index in [1.54, 1.807) is 24.3 Å². The maximum Gasteiger partial charge on any atom is 0.791 e. The quantitative estimate of drug-likeness (QED) is 0.450. The van der Waals surface area contributed by atoms with E-state index in [-0.39, 0.29) is 11.8 Å². The summed E-state index contributed by atoms with van der Waals surface area (Å²) in [6.07, 6.45) is 0.937. The fourth-order valence-corrected chi connectivity index (χ4v) is 4.15. The molecule has 0 saturated carbocycles. The molecule has 2 amide bonds. The van der Waals surface area contributed by atoms with Crippen LogP contribution in [-0.2, 0) is 13.0 Å². The molecule has 0 unspecified atom stereocenters. The van der Waals surface area contributed by atoms with Crippen molar-refractivity contribution in [3.05, 3.63) is 95.1 Å². The van der Waals surface area contributed by atoms with Crippen molar-refractivity contribution in [2.45, 2.75) is 19.9 Å². The predicted molar refractivity (Wildman–Crippen MR) is 144 cm³/mol. The van der Waals surface area contributed by atoms with Crippen molar-refractivity contribution in [2.75, 3.05) is 45.9 Å². The first kappa shape index (κ1) is 26.2. The number of rotatable bonds is 9. The van der Waals surface area contributed by atoms with Crippen molar-refractivity contribution in [3.63, 3.8) is 0 Å². The van der Waals surface area contributed by atoms with Crippen LogP contribution in [-0.4, -0.2) is 63.4 Å². The standard InChI is InChI=1S/C28H36BN4O2/c1-7-21-8-12-23(13-9-21)27(34)30-25-16-18-26(19-17-25)31-28(35)24-14-10-22(11-15-24)20-33(5,6)29-32(2,3)4/h8-19H,7,20H2,1-6H3,(H,30,34)(H,31,35)/q+2. The van der Waals surface area contributed by atoms with Crippen molar-refractivity contribution in [1.29, 1.82) is 0 Å². The molecule has 6 nitrogen and oxygen atoms in total. The summed E-state index contributed by atoms with van der Waals surface area (Å²) < 4.78 is 1.50. The van der Waals surface area contributed by atoms with Crippen LogP contribution >= 0.6 is 0 Å². The molecule has 0 fully saturated rings. The van der Waals surface area contributed by atoms with E-state index < -0.39 is 0 Å². The third kappa shape index (κ3) is 8.09. The molecule has 1 radical (unpaired) electrons. The number of nitrogens with zero attached hydrogens (tertiary/aromatic N) is 2. The summed E-state index contributed by atoms with van der Waals surface area (Å²) in [5, 5.41) is 5.81. The molecular weight excluding hydrogens is 435 g/mol. The minimum Gasteiger partial charge on any atom is -0.337 e. The molecule has 0 atom stereocenters. The molecule has 0 aromatic heterocycles. The first-order valence-electron chi connectivity index (χ1n) is 11.9. The molecule has 3 aromatic rings. The highest BCUT2D eigenvalue weighted by Crippen LogP contribution is 2.17. The summed E-state index contributed by atoms with van der Waals surface area (Å²) in [5.41, 5.74) is 4.91. The van der Waals surface area contributed by atoms with Crippen molar-refractivity contribution in [2.24, 2.45) is 0 Å². The van der Waals surface area contributed by atoms with Gasteiger partial charge in [0.2, 0.25) is 0 Å². The number of benzene rings is 3. The number of nitrogens with one attached hydrogen (secondary N) is 2. The Kier molecular flexibility index (Phi) is 8.15. The molecular formula is C28H36BN4O2+2. The minimum absolute atomic E-state index is 0.162. The number of carbonyl (C=O) groups is 2. The van der Waals surface area contributed by atoms with E-state index in [9.17, 15) is 9.59 Å². The molecule has 181 valence electrons. The number of hydrogen-bond donors (Lipinski definition) is 2. The van der Waals surface area contributed by atoms with Crippen LogP contribution < -0.4 is 10.6 Å². The average molecular weight is 471 g/mol. The van der Waals surface area contributed by atoms with Crippen molar-refractivity contribution in [3.8, 4) is 0 Å². The molecule has 3 rings (SSSR count). The zero-order valence-corrected chi connectivity index (χ0v) is 21.6. The van der Waals surface area contributed by atoms with Gasteiger partial charge in [0.15, 0.2) is 0 Å². The van der Waals surface area contributed by atoms with Crippen LogP contribution in [0.15, 0.2) is 72.8 Å². The molecule has 0 bridgehead atoms. The second-order valence-corrected chi connectivity index (χ2v) is 10.4. The number of aryl methyl sites for hydroxylation is 1. The highest BCUT2D eigenvalue weighted by atomic mass is 16.2. The fraction of sp³-hybridized carbons (Fsp3) is 0.286. The van der Waals surface area contributed by atoms with Gasteiger partial charge in [0.25, 0.3) is 11.8 Å². The molecule has 7 heteroatoms. The SMILES string of the molecule is CCc1ccc(C(=O)Nc2ccc(NC(=O)c3ccc(C[N+](C)(C)[B][N+](C)(C)C)cc3)cc2)cc1. The van der Waals surface area contributed by atoms with Gasteiger partial charge in [-0.3, -0.25) is 9.59 Å². The molecule has 0 aliphatic rings.